The Morgan fingerprint density at radius 1 is 1.47 bits per heavy atom. The first kappa shape index (κ1) is 10.2. The van der Waals surface area contributed by atoms with Gasteiger partial charge in [0.25, 0.3) is 0 Å². The van der Waals surface area contributed by atoms with Gasteiger partial charge in [-0.15, -0.1) is 0 Å². The first-order valence-electron chi connectivity index (χ1n) is 4.93. The molecule has 1 saturated carbocycles. The second-order valence-corrected chi connectivity index (χ2v) is 4.01. The fourth-order valence-corrected chi connectivity index (χ4v) is 2.04. The van der Waals surface area contributed by atoms with Crippen molar-refractivity contribution in [3.8, 4) is 11.5 Å². The maximum atomic E-state index is 13.0. The SMILES string of the molecule is COc1cc(F)cc(O)c1C1(N)CCC1. The van der Waals surface area contributed by atoms with Gasteiger partial charge in [-0.2, -0.15) is 0 Å². The summed E-state index contributed by atoms with van der Waals surface area (Å²) in [4.78, 5) is 0. The molecule has 0 aliphatic heterocycles. The monoisotopic (exact) mass is 211 g/mol. The molecule has 0 unspecified atom stereocenters. The topological polar surface area (TPSA) is 55.5 Å². The molecular weight excluding hydrogens is 197 g/mol. The van der Waals surface area contributed by atoms with Gasteiger partial charge in [0.15, 0.2) is 0 Å². The van der Waals surface area contributed by atoms with Crippen LogP contribution in [0.3, 0.4) is 0 Å². The van der Waals surface area contributed by atoms with Crippen molar-refractivity contribution in [2.24, 2.45) is 5.73 Å². The van der Waals surface area contributed by atoms with Gasteiger partial charge in [0.05, 0.1) is 12.7 Å². The molecular formula is C11H14FNO2. The highest BCUT2D eigenvalue weighted by Crippen LogP contribution is 2.46. The van der Waals surface area contributed by atoms with E-state index in [1.807, 2.05) is 0 Å². The Bertz CT molecular complexity index is 388. The molecule has 0 spiro atoms. The lowest BCUT2D eigenvalue weighted by Crippen LogP contribution is -2.43. The van der Waals surface area contributed by atoms with E-state index in [1.54, 1.807) is 0 Å². The van der Waals surface area contributed by atoms with Crippen LogP contribution >= 0.6 is 0 Å². The predicted octanol–water partition coefficient (Wildman–Crippen LogP) is 1.88. The minimum atomic E-state index is -0.552. The molecule has 0 heterocycles. The van der Waals surface area contributed by atoms with E-state index < -0.39 is 11.4 Å². The van der Waals surface area contributed by atoms with E-state index in [0.29, 0.717) is 11.3 Å². The molecule has 4 heteroatoms. The van der Waals surface area contributed by atoms with Gasteiger partial charge in [-0.05, 0) is 19.3 Å². The van der Waals surface area contributed by atoms with Crippen molar-refractivity contribution in [3.05, 3.63) is 23.5 Å². The van der Waals surface area contributed by atoms with Crippen molar-refractivity contribution >= 4 is 0 Å². The van der Waals surface area contributed by atoms with Gasteiger partial charge in [0.2, 0.25) is 0 Å². The van der Waals surface area contributed by atoms with Gasteiger partial charge in [-0.25, -0.2) is 4.39 Å². The second kappa shape index (κ2) is 3.38. The van der Waals surface area contributed by atoms with Crippen LogP contribution in [0.1, 0.15) is 24.8 Å². The van der Waals surface area contributed by atoms with Gasteiger partial charge in [0.1, 0.15) is 17.3 Å². The van der Waals surface area contributed by atoms with Crippen LogP contribution in [0.15, 0.2) is 12.1 Å². The molecule has 2 rings (SSSR count). The molecule has 1 aromatic rings. The van der Waals surface area contributed by atoms with Crippen molar-refractivity contribution in [1.29, 1.82) is 0 Å². The normalized spacial score (nSPS) is 18.3. The number of phenolic OH excluding ortho intramolecular Hbond substituents is 1. The fourth-order valence-electron chi connectivity index (χ4n) is 2.04. The first-order valence-corrected chi connectivity index (χ1v) is 4.93. The quantitative estimate of drug-likeness (QED) is 0.785. The third-order valence-corrected chi connectivity index (χ3v) is 3.01. The van der Waals surface area contributed by atoms with Gasteiger partial charge >= 0.3 is 0 Å². The molecule has 82 valence electrons. The number of hydrogen-bond acceptors (Lipinski definition) is 3. The van der Waals surface area contributed by atoms with Crippen LogP contribution in [-0.2, 0) is 5.54 Å². The average molecular weight is 211 g/mol. The van der Waals surface area contributed by atoms with Crippen molar-refractivity contribution in [3.63, 3.8) is 0 Å². The lowest BCUT2D eigenvalue weighted by molar-refractivity contribution is 0.235. The van der Waals surface area contributed by atoms with Gasteiger partial charge in [0, 0.05) is 17.7 Å². The van der Waals surface area contributed by atoms with E-state index in [-0.39, 0.29) is 5.75 Å². The van der Waals surface area contributed by atoms with E-state index in [2.05, 4.69) is 0 Å². The zero-order chi connectivity index (χ0) is 11.1. The molecule has 0 atom stereocenters. The van der Waals surface area contributed by atoms with Crippen molar-refractivity contribution in [1.82, 2.24) is 0 Å². The van der Waals surface area contributed by atoms with Crippen LogP contribution in [0.5, 0.6) is 11.5 Å². The molecule has 3 N–H and O–H groups in total. The average Bonchev–Trinajstić information content (AvgIpc) is 2.13. The third-order valence-electron chi connectivity index (χ3n) is 3.01. The molecule has 1 aromatic carbocycles. The minimum absolute atomic E-state index is 0.117. The highest BCUT2D eigenvalue weighted by molar-refractivity contribution is 5.50. The smallest absolute Gasteiger partial charge is 0.130 e. The van der Waals surface area contributed by atoms with Crippen LogP contribution in [0.2, 0.25) is 0 Å². The predicted molar refractivity (Wildman–Crippen MR) is 54.3 cm³/mol. The summed E-state index contributed by atoms with van der Waals surface area (Å²) in [5, 5.41) is 9.70. The zero-order valence-electron chi connectivity index (χ0n) is 8.59. The number of hydrogen-bond donors (Lipinski definition) is 2. The summed E-state index contributed by atoms with van der Waals surface area (Å²) in [7, 11) is 1.44. The standard InChI is InChI=1S/C11H14FNO2/c1-15-9-6-7(12)5-8(14)10(9)11(13)3-2-4-11/h5-6,14H,2-4,13H2,1H3. The second-order valence-electron chi connectivity index (χ2n) is 4.01. The van der Waals surface area contributed by atoms with Crippen LogP contribution < -0.4 is 10.5 Å². The number of nitrogens with two attached hydrogens (primary N) is 1. The number of halogens is 1. The molecule has 0 radical (unpaired) electrons. The first-order chi connectivity index (χ1) is 7.07. The Balaban J connectivity index is 2.53. The maximum absolute atomic E-state index is 13.0. The fraction of sp³-hybridized carbons (Fsp3) is 0.455. The summed E-state index contributed by atoms with van der Waals surface area (Å²) in [5.74, 6) is -0.306. The zero-order valence-corrected chi connectivity index (χ0v) is 8.59. The van der Waals surface area contributed by atoms with E-state index in [4.69, 9.17) is 10.5 Å². The van der Waals surface area contributed by atoms with Gasteiger partial charge in [-0.1, -0.05) is 0 Å². The highest BCUT2D eigenvalue weighted by Gasteiger charge is 2.39. The molecule has 1 fully saturated rings. The summed E-state index contributed by atoms with van der Waals surface area (Å²) in [5.41, 5.74) is 6.06. The van der Waals surface area contributed by atoms with Gasteiger partial charge < -0.3 is 15.6 Å². The molecule has 3 nitrogen and oxygen atoms in total. The largest absolute Gasteiger partial charge is 0.507 e. The molecule has 1 aliphatic rings. The van der Waals surface area contributed by atoms with Crippen LogP contribution in [0.25, 0.3) is 0 Å². The van der Waals surface area contributed by atoms with Crippen LogP contribution in [0.4, 0.5) is 4.39 Å². The Morgan fingerprint density at radius 2 is 2.13 bits per heavy atom. The van der Waals surface area contributed by atoms with Crippen molar-refractivity contribution in [2.45, 2.75) is 24.8 Å². The minimum Gasteiger partial charge on any atom is -0.507 e. The number of methoxy groups -OCH3 is 1. The van der Waals surface area contributed by atoms with E-state index in [1.165, 1.54) is 13.2 Å². The third kappa shape index (κ3) is 1.55. The Kier molecular flexibility index (Phi) is 2.31. The summed E-state index contributed by atoms with van der Waals surface area (Å²) >= 11 is 0. The summed E-state index contributed by atoms with van der Waals surface area (Å²) < 4.78 is 18.1. The van der Waals surface area contributed by atoms with E-state index in [9.17, 15) is 9.50 Å². The Hall–Kier alpha value is -1.29. The lowest BCUT2D eigenvalue weighted by Gasteiger charge is -2.39. The summed E-state index contributed by atoms with van der Waals surface area (Å²) in [6.07, 6.45) is 2.61. The number of benzene rings is 1. The summed E-state index contributed by atoms with van der Waals surface area (Å²) in [6, 6.07) is 2.33. The van der Waals surface area contributed by atoms with Crippen LogP contribution in [0, 0.1) is 5.82 Å². The van der Waals surface area contributed by atoms with E-state index in [0.717, 1.165) is 25.3 Å². The van der Waals surface area contributed by atoms with E-state index >= 15 is 0 Å². The highest BCUT2D eigenvalue weighted by atomic mass is 19.1. The molecule has 15 heavy (non-hydrogen) atoms. The number of ether oxygens (including phenoxy) is 1. The lowest BCUT2D eigenvalue weighted by atomic mass is 9.72. The maximum Gasteiger partial charge on any atom is 0.130 e. The molecule has 0 bridgehead atoms. The molecule has 0 aromatic heterocycles. The summed E-state index contributed by atoms with van der Waals surface area (Å²) in [6.45, 7) is 0. The molecule has 0 amide bonds. The Morgan fingerprint density at radius 3 is 2.60 bits per heavy atom. The Labute approximate surface area is 87.7 Å². The molecule has 0 saturated heterocycles. The molecule has 1 aliphatic carbocycles. The van der Waals surface area contributed by atoms with Crippen molar-refractivity contribution < 1.29 is 14.2 Å². The van der Waals surface area contributed by atoms with Crippen molar-refractivity contribution in [2.75, 3.05) is 7.11 Å². The van der Waals surface area contributed by atoms with Gasteiger partial charge in [-0.3, -0.25) is 0 Å². The number of aromatic hydroxyl groups is 1. The number of phenols is 1. The number of rotatable bonds is 2. The van der Waals surface area contributed by atoms with Crippen LogP contribution in [-0.4, -0.2) is 12.2 Å².